The molecule has 0 bridgehead atoms. The molecule has 1 N–H and O–H groups in total. The summed E-state index contributed by atoms with van der Waals surface area (Å²) in [5.74, 6) is 0.113. The third-order valence-electron chi connectivity index (χ3n) is 5.40. The lowest BCUT2D eigenvalue weighted by Gasteiger charge is -2.32. The highest BCUT2D eigenvalue weighted by molar-refractivity contribution is 5.80. The van der Waals surface area contributed by atoms with E-state index in [0.29, 0.717) is 19.5 Å². The molecule has 1 aliphatic rings. The van der Waals surface area contributed by atoms with Crippen molar-refractivity contribution in [2.75, 3.05) is 13.1 Å². The number of hydrogen-bond donors (Lipinski definition) is 1. The van der Waals surface area contributed by atoms with Gasteiger partial charge < -0.3 is 10.2 Å². The van der Waals surface area contributed by atoms with Gasteiger partial charge in [0.25, 0.3) is 0 Å². The minimum Gasteiger partial charge on any atom is -0.353 e. The first kappa shape index (κ1) is 19.1. The zero-order valence-electron chi connectivity index (χ0n) is 16.3. The van der Waals surface area contributed by atoms with Crippen LogP contribution in [0.1, 0.15) is 24.8 Å². The van der Waals surface area contributed by atoms with E-state index in [4.69, 9.17) is 0 Å². The third-order valence-corrected chi connectivity index (χ3v) is 5.40. The van der Waals surface area contributed by atoms with Gasteiger partial charge in [-0.1, -0.05) is 47.7 Å². The lowest BCUT2D eigenvalue weighted by molar-refractivity contribution is -0.133. The molecular formula is C22H25N5O2. The van der Waals surface area contributed by atoms with Gasteiger partial charge in [0, 0.05) is 25.6 Å². The molecule has 0 atom stereocenters. The molecule has 0 unspecified atom stereocenters. The van der Waals surface area contributed by atoms with Crippen LogP contribution in [0.15, 0.2) is 54.6 Å². The van der Waals surface area contributed by atoms with Crippen molar-refractivity contribution >= 4 is 22.8 Å². The van der Waals surface area contributed by atoms with Crippen LogP contribution < -0.4 is 5.32 Å². The summed E-state index contributed by atoms with van der Waals surface area (Å²) >= 11 is 0. The number of para-hydroxylation sites is 1. The van der Waals surface area contributed by atoms with E-state index in [9.17, 15) is 9.59 Å². The zero-order valence-corrected chi connectivity index (χ0v) is 16.3. The lowest BCUT2D eigenvalue weighted by atomic mass is 10.0. The van der Waals surface area contributed by atoms with Crippen molar-refractivity contribution in [3.05, 3.63) is 60.2 Å². The number of amides is 2. The van der Waals surface area contributed by atoms with Crippen LogP contribution in [0.3, 0.4) is 0 Å². The van der Waals surface area contributed by atoms with Gasteiger partial charge in [-0.2, -0.15) is 0 Å². The van der Waals surface area contributed by atoms with Gasteiger partial charge in [0.1, 0.15) is 12.1 Å². The van der Waals surface area contributed by atoms with Crippen LogP contribution in [-0.4, -0.2) is 50.8 Å². The number of fused-ring (bicyclic) bond motifs is 1. The van der Waals surface area contributed by atoms with E-state index in [-0.39, 0.29) is 24.4 Å². The number of benzene rings is 2. The first-order chi connectivity index (χ1) is 14.2. The molecule has 29 heavy (non-hydrogen) atoms. The molecule has 0 saturated carbocycles. The topological polar surface area (TPSA) is 80.1 Å². The Labute approximate surface area is 169 Å². The van der Waals surface area contributed by atoms with Crippen LogP contribution in [0.5, 0.6) is 0 Å². The molecular weight excluding hydrogens is 366 g/mol. The van der Waals surface area contributed by atoms with Crippen molar-refractivity contribution in [3.63, 3.8) is 0 Å². The number of aromatic nitrogens is 3. The maximum absolute atomic E-state index is 12.6. The summed E-state index contributed by atoms with van der Waals surface area (Å²) in [6, 6.07) is 17.8. The quantitative estimate of drug-likeness (QED) is 0.698. The van der Waals surface area contributed by atoms with Crippen LogP contribution >= 0.6 is 0 Å². The van der Waals surface area contributed by atoms with Gasteiger partial charge in [-0.3, -0.25) is 9.59 Å². The Morgan fingerprint density at radius 3 is 2.52 bits per heavy atom. The zero-order chi connectivity index (χ0) is 20.1. The largest absolute Gasteiger partial charge is 0.353 e. The van der Waals surface area contributed by atoms with Crippen LogP contribution in [-0.2, 0) is 22.6 Å². The number of aryl methyl sites for hydroxylation is 1. The molecule has 2 heterocycles. The Hall–Kier alpha value is -3.22. The molecule has 7 heteroatoms. The summed E-state index contributed by atoms with van der Waals surface area (Å²) in [5, 5.41) is 11.3. The Morgan fingerprint density at radius 2 is 1.72 bits per heavy atom. The van der Waals surface area contributed by atoms with E-state index in [1.165, 1.54) is 5.56 Å². The Balaban J connectivity index is 1.22. The van der Waals surface area contributed by atoms with Gasteiger partial charge in [0.05, 0.1) is 5.52 Å². The monoisotopic (exact) mass is 391 g/mol. The predicted molar refractivity (Wildman–Crippen MR) is 110 cm³/mol. The van der Waals surface area contributed by atoms with Crippen LogP contribution in [0.25, 0.3) is 11.0 Å². The van der Waals surface area contributed by atoms with Crippen LogP contribution in [0.2, 0.25) is 0 Å². The van der Waals surface area contributed by atoms with E-state index < -0.39 is 0 Å². The van der Waals surface area contributed by atoms with E-state index in [0.717, 1.165) is 30.3 Å². The molecule has 7 nitrogen and oxygen atoms in total. The fourth-order valence-electron chi connectivity index (χ4n) is 3.74. The molecule has 150 valence electrons. The summed E-state index contributed by atoms with van der Waals surface area (Å²) < 4.78 is 1.65. The molecule has 1 fully saturated rings. The maximum atomic E-state index is 12.6. The minimum atomic E-state index is 0.0366. The number of hydrogen-bond acceptors (Lipinski definition) is 4. The molecule has 1 aliphatic heterocycles. The normalized spacial score (nSPS) is 14.8. The summed E-state index contributed by atoms with van der Waals surface area (Å²) in [6.45, 7) is 1.48. The number of carbonyl (C=O) groups is 2. The highest BCUT2D eigenvalue weighted by atomic mass is 16.2. The number of nitrogens with zero attached hydrogens (tertiary/aromatic N) is 4. The molecule has 0 aliphatic carbocycles. The first-order valence-electron chi connectivity index (χ1n) is 10.1. The Morgan fingerprint density at radius 1 is 1.00 bits per heavy atom. The Bertz CT molecular complexity index is 977. The molecule has 2 aromatic carbocycles. The van der Waals surface area contributed by atoms with Crippen molar-refractivity contribution in [2.24, 2.45) is 0 Å². The third kappa shape index (κ3) is 4.80. The van der Waals surface area contributed by atoms with Gasteiger partial charge in [-0.25, -0.2) is 4.68 Å². The number of piperidine rings is 1. The second-order valence-corrected chi connectivity index (χ2v) is 7.44. The van der Waals surface area contributed by atoms with E-state index in [2.05, 4.69) is 15.6 Å². The fourth-order valence-corrected chi connectivity index (χ4v) is 3.74. The Kier molecular flexibility index (Phi) is 5.84. The van der Waals surface area contributed by atoms with E-state index in [1.807, 2.05) is 59.5 Å². The van der Waals surface area contributed by atoms with Gasteiger partial charge in [0.15, 0.2) is 0 Å². The van der Waals surface area contributed by atoms with Crippen molar-refractivity contribution in [1.29, 1.82) is 0 Å². The second kappa shape index (κ2) is 8.86. The SMILES string of the molecule is O=C(CCc1ccccc1)NC1CCN(C(=O)Cn2nnc3ccccc32)CC1. The summed E-state index contributed by atoms with van der Waals surface area (Å²) in [6.07, 6.45) is 2.79. The maximum Gasteiger partial charge on any atom is 0.244 e. The van der Waals surface area contributed by atoms with Crippen LogP contribution in [0, 0.1) is 0 Å². The van der Waals surface area contributed by atoms with Gasteiger partial charge in [-0.05, 0) is 37.0 Å². The summed E-state index contributed by atoms with van der Waals surface area (Å²) in [5.41, 5.74) is 2.82. The number of carbonyl (C=O) groups excluding carboxylic acids is 2. The number of nitrogens with one attached hydrogen (secondary N) is 1. The molecule has 1 saturated heterocycles. The number of likely N-dealkylation sites (tertiary alicyclic amines) is 1. The average molecular weight is 391 g/mol. The van der Waals surface area contributed by atoms with E-state index in [1.54, 1.807) is 4.68 Å². The highest BCUT2D eigenvalue weighted by Crippen LogP contribution is 2.14. The average Bonchev–Trinajstić information content (AvgIpc) is 3.16. The molecule has 0 spiro atoms. The van der Waals surface area contributed by atoms with Crippen LogP contribution in [0.4, 0.5) is 0 Å². The fraction of sp³-hybridized carbons (Fsp3) is 0.364. The van der Waals surface area contributed by atoms with Crippen molar-refractivity contribution in [3.8, 4) is 0 Å². The van der Waals surface area contributed by atoms with Crippen molar-refractivity contribution in [1.82, 2.24) is 25.2 Å². The van der Waals surface area contributed by atoms with Gasteiger partial charge >= 0.3 is 0 Å². The van der Waals surface area contributed by atoms with Gasteiger partial charge in [-0.15, -0.1) is 5.10 Å². The molecule has 3 aromatic rings. The summed E-state index contributed by atoms with van der Waals surface area (Å²) in [7, 11) is 0. The standard InChI is InChI=1S/C22H25N5O2/c28-21(11-10-17-6-2-1-3-7-17)23-18-12-14-26(15-13-18)22(29)16-27-20-9-5-4-8-19(20)24-25-27/h1-9,18H,10-16H2,(H,23,28). The highest BCUT2D eigenvalue weighted by Gasteiger charge is 2.24. The second-order valence-electron chi connectivity index (χ2n) is 7.44. The van der Waals surface area contributed by atoms with E-state index >= 15 is 0 Å². The summed E-state index contributed by atoms with van der Waals surface area (Å²) in [4.78, 5) is 26.7. The molecule has 1 aromatic heterocycles. The van der Waals surface area contributed by atoms with Crippen molar-refractivity contribution in [2.45, 2.75) is 38.3 Å². The number of rotatable bonds is 6. The van der Waals surface area contributed by atoms with Crippen molar-refractivity contribution < 1.29 is 9.59 Å². The molecule has 0 radical (unpaired) electrons. The molecule has 4 rings (SSSR count). The predicted octanol–water partition coefficient (Wildman–Crippen LogP) is 2.17. The molecule has 2 amide bonds. The first-order valence-corrected chi connectivity index (χ1v) is 10.1. The minimum absolute atomic E-state index is 0.0366. The smallest absolute Gasteiger partial charge is 0.244 e. The lowest BCUT2D eigenvalue weighted by Crippen LogP contribution is -2.47. The van der Waals surface area contributed by atoms with Gasteiger partial charge in [0.2, 0.25) is 11.8 Å².